The van der Waals surface area contributed by atoms with Gasteiger partial charge in [0, 0.05) is 39.6 Å². The number of anilines is 3. The number of benzene rings is 2. The Bertz CT molecular complexity index is 1260. The standard InChI is InChI=1S/C22H26FN5O3S/c1-6-24-22(29)14(3)31-19-10-15(23)7-8-17(19)27-21-20-13(2)9-16(28-32(4,5)30)11-18(20)25-12-26-21/h7-12,14H,4,6H2,1-3,5H3,(H,24,29)(H,28,30)(H,25,26,27)/t14-,32?/m1/s1. The summed E-state index contributed by atoms with van der Waals surface area (Å²) in [5.41, 5.74) is 2.52. The number of nitrogens with one attached hydrogen (secondary N) is 3. The molecule has 0 aliphatic rings. The Morgan fingerprint density at radius 3 is 2.72 bits per heavy atom. The third-order valence-corrected chi connectivity index (χ3v) is 5.16. The van der Waals surface area contributed by atoms with Gasteiger partial charge in [-0.25, -0.2) is 18.6 Å². The summed E-state index contributed by atoms with van der Waals surface area (Å²) in [5.74, 6) is 3.47. The lowest BCUT2D eigenvalue weighted by molar-refractivity contribution is -0.127. The molecular weight excluding hydrogens is 433 g/mol. The number of carbonyl (C=O) groups is 1. The van der Waals surface area contributed by atoms with Crippen molar-refractivity contribution in [1.82, 2.24) is 15.3 Å². The molecule has 1 aromatic heterocycles. The highest BCUT2D eigenvalue weighted by molar-refractivity contribution is 8.00. The minimum absolute atomic E-state index is 0.175. The predicted molar refractivity (Wildman–Crippen MR) is 128 cm³/mol. The molecule has 32 heavy (non-hydrogen) atoms. The van der Waals surface area contributed by atoms with Crippen molar-refractivity contribution in [2.75, 3.05) is 22.8 Å². The van der Waals surface area contributed by atoms with E-state index in [2.05, 4.69) is 31.2 Å². The summed E-state index contributed by atoms with van der Waals surface area (Å²) in [7, 11) is -2.45. The number of halogens is 1. The van der Waals surface area contributed by atoms with Crippen molar-refractivity contribution >= 4 is 49.6 Å². The Balaban J connectivity index is 1.98. The van der Waals surface area contributed by atoms with Gasteiger partial charge in [0.05, 0.1) is 11.2 Å². The van der Waals surface area contributed by atoms with Gasteiger partial charge in [-0.2, -0.15) is 0 Å². The molecule has 2 aromatic carbocycles. The van der Waals surface area contributed by atoms with Crippen LogP contribution in [0.15, 0.2) is 36.7 Å². The minimum atomic E-state index is -2.45. The molecule has 0 bridgehead atoms. The third kappa shape index (κ3) is 5.64. The van der Waals surface area contributed by atoms with Gasteiger partial charge in [0.2, 0.25) is 0 Å². The SMILES string of the molecule is C=S(C)(=O)Nc1cc(C)c2c(Nc3ccc(F)cc3O[C@H](C)C(=O)NCC)ncnc2c1. The van der Waals surface area contributed by atoms with Gasteiger partial charge in [0.25, 0.3) is 5.91 Å². The van der Waals surface area contributed by atoms with Gasteiger partial charge in [-0.1, -0.05) is 0 Å². The number of nitrogens with zero attached hydrogens (tertiary/aromatic N) is 2. The van der Waals surface area contributed by atoms with Gasteiger partial charge < -0.3 is 20.1 Å². The lowest BCUT2D eigenvalue weighted by atomic mass is 10.1. The molecule has 1 amide bonds. The quantitative estimate of drug-likeness (QED) is 0.446. The summed E-state index contributed by atoms with van der Waals surface area (Å²) in [6, 6.07) is 7.59. The maximum absolute atomic E-state index is 13.9. The number of likely N-dealkylation sites (N-methyl/N-ethyl adjacent to an activating group) is 1. The van der Waals surface area contributed by atoms with Crippen molar-refractivity contribution < 1.29 is 18.1 Å². The van der Waals surface area contributed by atoms with Crippen molar-refractivity contribution in [3.63, 3.8) is 0 Å². The molecule has 1 unspecified atom stereocenters. The first-order valence-corrected chi connectivity index (χ1v) is 12.1. The van der Waals surface area contributed by atoms with Crippen LogP contribution in [0.2, 0.25) is 0 Å². The largest absolute Gasteiger partial charge is 0.479 e. The zero-order valence-corrected chi connectivity index (χ0v) is 19.2. The predicted octanol–water partition coefficient (Wildman–Crippen LogP) is 3.40. The van der Waals surface area contributed by atoms with Crippen molar-refractivity contribution in [2.45, 2.75) is 26.9 Å². The van der Waals surface area contributed by atoms with Crippen LogP contribution in [0.1, 0.15) is 19.4 Å². The number of hydrogen-bond acceptors (Lipinski definition) is 6. The van der Waals surface area contributed by atoms with E-state index >= 15 is 0 Å². The maximum Gasteiger partial charge on any atom is 0.260 e. The first-order chi connectivity index (χ1) is 15.1. The van der Waals surface area contributed by atoms with Crippen LogP contribution in [-0.2, 0) is 14.5 Å². The molecule has 0 saturated heterocycles. The number of aromatic nitrogens is 2. The maximum atomic E-state index is 13.9. The number of rotatable bonds is 8. The summed E-state index contributed by atoms with van der Waals surface area (Å²) in [5, 5.41) is 6.57. The monoisotopic (exact) mass is 459 g/mol. The third-order valence-electron chi connectivity index (χ3n) is 4.49. The van der Waals surface area contributed by atoms with E-state index in [1.807, 2.05) is 13.0 Å². The van der Waals surface area contributed by atoms with Crippen LogP contribution in [-0.4, -0.2) is 44.9 Å². The first kappa shape index (κ1) is 23.3. The van der Waals surface area contributed by atoms with Crippen molar-refractivity contribution in [3.05, 3.63) is 48.0 Å². The molecule has 1 heterocycles. The van der Waals surface area contributed by atoms with E-state index in [4.69, 9.17) is 4.74 Å². The average Bonchev–Trinajstić information content (AvgIpc) is 2.68. The molecule has 2 atom stereocenters. The van der Waals surface area contributed by atoms with Gasteiger partial charge >= 0.3 is 0 Å². The zero-order chi connectivity index (χ0) is 23.5. The molecule has 3 N–H and O–H groups in total. The van der Waals surface area contributed by atoms with E-state index < -0.39 is 21.6 Å². The molecule has 8 nitrogen and oxygen atoms in total. The summed E-state index contributed by atoms with van der Waals surface area (Å²) in [4.78, 5) is 20.7. The molecule has 0 aliphatic heterocycles. The van der Waals surface area contributed by atoms with Gasteiger partial charge in [-0.15, -0.1) is 0 Å². The highest BCUT2D eigenvalue weighted by Crippen LogP contribution is 2.33. The topological polar surface area (TPSA) is 105 Å². The van der Waals surface area contributed by atoms with E-state index in [1.54, 1.807) is 19.9 Å². The van der Waals surface area contributed by atoms with Crippen LogP contribution >= 0.6 is 0 Å². The lowest BCUT2D eigenvalue weighted by Crippen LogP contribution is -2.36. The molecule has 3 rings (SSSR count). The molecule has 0 aliphatic carbocycles. The van der Waals surface area contributed by atoms with E-state index in [9.17, 15) is 13.4 Å². The molecule has 0 fully saturated rings. The van der Waals surface area contributed by atoms with Crippen LogP contribution in [0, 0.1) is 12.7 Å². The fourth-order valence-electron chi connectivity index (χ4n) is 3.18. The van der Waals surface area contributed by atoms with Crippen LogP contribution in [0.4, 0.5) is 21.6 Å². The molecular formula is C22H26FN5O3S. The normalized spacial score (nSPS) is 13.8. The first-order valence-electron chi connectivity index (χ1n) is 9.93. The summed E-state index contributed by atoms with van der Waals surface area (Å²) < 4.78 is 34.5. The summed E-state index contributed by atoms with van der Waals surface area (Å²) >= 11 is 0. The van der Waals surface area contributed by atoms with E-state index in [1.165, 1.54) is 30.8 Å². The van der Waals surface area contributed by atoms with Gasteiger partial charge in [-0.3, -0.25) is 4.79 Å². The number of fused-ring (bicyclic) bond motifs is 1. The van der Waals surface area contributed by atoms with Crippen LogP contribution in [0.5, 0.6) is 5.75 Å². The van der Waals surface area contributed by atoms with E-state index in [-0.39, 0.29) is 11.7 Å². The summed E-state index contributed by atoms with van der Waals surface area (Å²) in [6.07, 6.45) is 2.08. The van der Waals surface area contributed by atoms with Crippen LogP contribution in [0.3, 0.4) is 0 Å². The van der Waals surface area contributed by atoms with Crippen LogP contribution < -0.4 is 20.1 Å². The second-order valence-corrected chi connectivity index (χ2v) is 9.65. The molecule has 0 spiro atoms. The Kier molecular flexibility index (Phi) is 6.83. The van der Waals surface area contributed by atoms with Gasteiger partial charge in [0.15, 0.2) is 6.10 Å². The Morgan fingerprint density at radius 2 is 2.03 bits per heavy atom. The van der Waals surface area contributed by atoms with Gasteiger partial charge in [0.1, 0.15) is 23.7 Å². The second kappa shape index (κ2) is 9.39. The van der Waals surface area contributed by atoms with Gasteiger partial charge in [-0.05, 0) is 56.5 Å². The summed E-state index contributed by atoms with van der Waals surface area (Å²) in [6.45, 7) is 5.73. The number of aryl methyl sites for hydroxylation is 1. The van der Waals surface area contributed by atoms with Crippen molar-refractivity contribution in [2.24, 2.45) is 0 Å². The van der Waals surface area contributed by atoms with E-state index in [0.29, 0.717) is 29.3 Å². The molecule has 170 valence electrons. The smallest absolute Gasteiger partial charge is 0.260 e. The molecule has 0 radical (unpaired) electrons. The Labute approximate surface area is 186 Å². The van der Waals surface area contributed by atoms with Crippen LogP contribution in [0.25, 0.3) is 10.9 Å². The average molecular weight is 460 g/mol. The lowest BCUT2D eigenvalue weighted by Gasteiger charge is -2.18. The highest BCUT2D eigenvalue weighted by atomic mass is 32.2. The fraction of sp³-hybridized carbons (Fsp3) is 0.273. The number of ether oxygens (including phenoxy) is 1. The molecule has 3 aromatic rings. The minimum Gasteiger partial charge on any atom is -0.479 e. The fourth-order valence-corrected chi connectivity index (χ4v) is 3.80. The zero-order valence-electron chi connectivity index (χ0n) is 18.4. The number of carbonyl (C=O) groups excluding carboxylic acids is 1. The number of hydrogen-bond donors (Lipinski definition) is 3. The van der Waals surface area contributed by atoms with Crippen molar-refractivity contribution in [3.8, 4) is 5.75 Å². The Morgan fingerprint density at radius 1 is 1.28 bits per heavy atom. The Hall–Kier alpha value is -3.40. The molecule has 0 saturated carbocycles. The van der Waals surface area contributed by atoms with Crippen molar-refractivity contribution in [1.29, 1.82) is 0 Å². The highest BCUT2D eigenvalue weighted by Gasteiger charge is 2.18. The number of amides is 1. The van der Waals surface area contributed by atoms with E-state index in [0.717, 1.165) is 10.9 Å². The second-order valence-electron chi connectivity index (χ2n) is 7.44. The molecule has 10 heteroatoms.